The maximum Gasteiger partial charge on any atom is 0.416 e. The molecule has 1 saturated heterocycles. The number of aliphatic carboxylic acids is 3. The van der Waals surface area contributed by atoms with E-state index in [2.05, 4.69) is 10.6 Å². The van der Waals surface area contributed by atoms with Crippen LogP contribution in [-0.2, 0) is 46.4 Å². The largest absolute Gasteiger partial charge is 0.481 e. The number of thiocarbonyl (C=S) groups is 1. The molecule has 13 nitrogen and oxygen atoms in total. The standard InChI is InChI=1S/C52H55ClF3N5O8S2/c1-49(2,24-9-10-32(53)14-19-41-51(5,6)36-28-31(52(54,55)56)13-17-39(36)60(41)27-23-46(67)68)35-29-33(15-16-37(35)57-25-21-44(63)64)58-43(62)30-61-47(69)40(71-48(61)70)18-20-42-50(3,4)34-11-7-8-12-38(34)59(42)26-22-45(65)66/h7-20,28-29,57H,21-27,30H2,1-6H3,(H,58,62)(H,63,64)(H,65,66)(H,67,68). The Bertz CT molecular complexity index is 2820. The van der Waals surface area contributed by atoms with Crippen LogP contribution in [0.2, 0.25) is 0 Å². The number of amides is 2. The monoisotopic (exact) mass is 1030 g/mol. The van der Waals surface area contributed by atoms with Crippen molar-refractivity contribution in [3.63, 3.8) is 0 Å². The first-order valence-corrected chi connectivity index (χ1v) is 24.2. The van der Waals surface area contributed by atoms with Crippen LogP contribution in [0.25, 0.3) is 0 Å². The summed E-state index contributed by atoms with van der Waals surface area (Å²) in [6, 6.07) is 16.3. The lowest BCUT2D eigenvalue weighted by Crippen LogP contribution is -2.36. The molecular formula is C52H55ClF3N5O8S2. The SMILES string of the molecule is CC(C)(CC=CC(Cl)=CC=C1N(CCC(=O)O)c2ccc(C(F)(F)F)cc2C1(C)C)c1cc(NC(=O)CN2C(=O)C(=CC=C3N(CCC(=O)O)c4ccccc4C3(C)C)SC2=S)ccc1NCCC(=O)O. The molecule has 1 fully saturated rings. The zero-order valence-corrected chi connectivity index (χ0v) is 42.3. The Kier molecular flexibility index (Phi) is 16.4. The summed E-state index contributed by atoms with van der Waals surface area (Å²) in [4.78, 5) is 67.0. The van der Waals surface area contributed by atoms with E-state index in [4.69, 9.17) is 23.8 Å². The number of para-hydroxylation sites is 1. The number of alkyl halides is 3. The molecule has 0 aromatic heterocycles. The van der Waals surface area contributed by atoms with Crippen molar-refractivity contribution in [2.24, 2.45) is 0 Å². The molecule has 5 N–H and O–H groups in total. The van der Waals surface area contributed by atoms with Gasteiger partial charge in [-0.2, -0.15) is 13.2 Å². The van der Waals surface area contributed by atoms with Gasteiger partial charge in [0.05, 0.1) is 29.7 Å². The molecule has 3 aliphatic rings. The predicted octanol–water partition coefficient (Wildman–Crippen LogP) is 10.9. The number of carboxylic acids is 3. The molecule has 6 rings (SSSR count). The maximum atomic E-state index is 13.7. The van der Waals surface area contributed by atoms with Crippen LogP contribution in [0, 0.1) is 0 Å². The number of nitrogens with zero attached hydrogens (tertiary/aromatic N) is 3. The van der Waals surface area contributed by atoms with Gasteiger partial charge >= 0.3 is 24.1 Å². The van der Waals surface area contributed by atoms with Crippen molar-refractivity contribution < 1.29 is 52.5 Å². The molecule has 376 valence electrons. The smallest absolute Gasteiger partial charge is 0.416 e. The lowest BCUT2D eigenvalue weighted by atomic mass is 9.80. The quantitative estimate of drug-likeness (QED) is 0.0435. The average Bonchev–Trinajstić information content (AvgIpc) is 3.77. The van der Waals surface area contributed by atoms with Crippen LogP contribution in [0.5, 0.6) is 0 Å². The second kappa shape index (κ2) is 21.5. The number of carbonyl (C=O) groups excluding carboxylic acids is 2. The summed E-state index contributed by atoms with van der Waals surface area (Å²) in [5.74, 6) is -3.97. The number of nitrogens with one attached hydrogen (secondary N) is 2. The lowest BCUT2D eigenvalue weighted by molar-refractivity contribution is -0.138. The van der Waals surface area contributed by atoms with Crippen molar-refractivity contribution in [3.05, 3.63) is 141 Å². The van der Waals surface area contributed by atoms with Gasteiger partial charge in [0, 0.05) is 69.6 Å². The van der Waals surface area contributed by atoms with Crippen LogP contribution in [0.4, 0.5) is 35.9 Å². The highest BCUT2D eigenvalue weighted by Crippen LogP contribution is 2.50. The number of allylic oxidation sites excluding steroid dienone is 9. The van der Waals surface area contributed by atoms with Gasteiger partial charge in [-0.15, -0.1) is 0 Å². The fourth-order valence-electron chi connectivity index (χ4n) is 8.97. The van der Waals surface area contributed by atoms with Crippen molar-refractivity contribution in [2.45, 2.75) is 89.6 Å². The summed E-state index contributed by atoms with van der Waals surface area (Å²) in [7, 11) is 0. The minimum atomic E-state index is -4.57. The van der Waals surface area contributed by atoms with Gasteiger partial charge in [-0.25, -0.2) is 0 Å². The fourth-order valence-corrected chi connectivity index (χ4v) is 10.3. The number of carbonyl (C=O) groups is 5. The molecular weight excluding hydrogens is 979 g/mol. The first-order chi connectivity index (χ1) is 33.2. The number of carboxylic acid groups (broad SMARTS) is 3. The van der Waals surface area contributed by atoms with Crippen LogP contribution >= 0.6 is 35.6 Å². The van der Waals surface area contributed by atoms with Crippen molar-refractivity contribution in [2.75, 3.05) is 46.6 Å². The number of thioether (sulfide) groups is 1. The van der Waals surface area contributed by atoms with Crippen LogP contribution in [0.3, 0.4) is 0 Å². The summed E-state index contributed by atoms with van der Waals surface area (Å²) in [5.41, 5.74) is 3.02. The fraction of sp³-hybridized carbons (Fsp3) is 0.346. The Morgan fingerprint density at radius 1 is 0.789 bits per heavy atom. The highest BCUT2D eigenvalue weighted by Gasteiger charge is 2.43. The highest BCUT2D eigenvalue weighted by molar-refractivity contribution is 8.26. The Labute approximate surface area is 424 Å². The maximum absolute atomic E-state index is 13.7. The van der Waals surface area contributed by atoms with Crippen LogP contribution in [0.15, 0.2) is 118 Å². The minimum absolute atomic E-state index is 0.0223. The van der Waals surface area contributed by atoms with E-state index < -0.39 is 57.7 Å². The van der Waals surface area contributed by atoms with Crippen LogP contribution in [-0.4, -0.2) is 80.4 Å². The van der Waals surface area contributed by atoms with E-state index in [1.807, 2.05) is 62.9 Å². The average molecular weight is 1030 g/mol. The third-order valence-corrected chi connectivity index (χ3v) is 14.3. The van der Waals surface area contributed by atoms with Gasteiger partial charge < -0.3 is 35.8 Å². The molecule has 0 unspecified atom stereocenters. The molecule has 71 heavy (non-hydrogen) atoms. The number of hydrogen-bond donors (Lipinski definition) is 5. The van der Waals surface area contributed by atoms with E-state index in [1.54, 1.807) is 67.3 Å². The first kappa shape index (κ1) is 54.0. The van der Waals surface area contributed by atoms with Crippen LogP contribution < -0.4 is 20.4 Å². The summed E-state index contributed by atoms with van der Waals surface area (Å²) < 4.78 is 41.4. The molecule has 0 atom stereocenters. The number of anilines is 4. The van der Waals surface area contributed by atoms with E-state index in [9.17, 15) is 52.5 Å². The Morgan fingerprint density at radius 3 is 2.03 bits per heavy atom. The molecule has 19 heteroatoms. The molecule has 0 aliphatic carbocycles. The summed E-state index contributed by atoms with van der Waals surface area (Å²) >= 11 is 13.3. The number of hydrogen-bond acceptors (Lipinski definition) is 10. The molecule has 3 aromatic rings. The first-order valence-electron chi connectivity index (χ1n) is 22.6. The number of rotatable bonds is 19. The second-order valence-electron chi connectivity index (χ2n) is 18.9. The van der Waals surface area contributed by atoms with E-state index in [0.717, 1.165) is 46.4 Å². The number of fused-ring (bicyclic) bond motifs is 2. The normalized spacial score (nSPS) is 18.3. The second-order valence-corrected chi connectivity index (χ2v) is 21.0. The lowest BCUT2D eigenvalue weighted by Gasteiger charge is -2.28. The van der Waals surface area contributed by atoms with Crippen molar-refractivity contribution >= 4 is 92.4 Å². The molecule has 0 spiro atoms. The third kappa shape index (κ3) is 12.4. The summed E-state index contributed by atoms with van der Waals surface area (Å²) in [5, 5.41) is 34.6. The molecule has 0 bridgehead atoms. The van der Waals surface area contributed by atoms with E-state index in [-0.39, 0.29) is 54.8 Å². The molecule has 0 radical (unpaired) electrons. The van der Waals surface area contributed by atoms with Gasteiger partial charge in [-0.05, 0) is 101 Å². The number of halogens is 4. The van der Waals surface area contributed by atoms with Crippen molar-refractivity contribution in [3.8, 4) is 0 Å². The Balaban J connectivity index is 1.18. The summed E-state index contributed by atoms with van der Waals surface area (Å²) in [6.45, 7) is 11.5. The van der Waals surface area contributed by atoms with Crippen molar-refractivity contribution in [1.29, 1.82) is 0 Å². The zero-order chi connectivity index (χ0) is 52.2. The molecule has 2 amide bonds. The molecule has 3 aliphatic heterocycles. The topological polar surface area (TPSA) is 180 Å². The van der Waals surface area contributed by atoms with Crippen LogP contribution in [0.1, 0.15) is 89.5 Å². The zero-order valence-electron chi connectivity index (χ0n) is 39.9. The van der Waals surface area contributed by atoms with Gasteiger partial charge in [-0.1, -0.05) is 101 Å². The van der Waals surface area contributed by atoms with Gasteiger partial charge in [0.25, 0.3) is 5.91 Å². The minimum Gasteiger partial charge on any atom is -0.481 e. The molecule has 3 heterocycles. The van der Waals surface area contributed by atoms with Gasteiger partial charge in [-0.3, -0.25) is 28.9 Å². The predicted molar refractivity (Wildman–Crippen MR) is 276 cm³/mol. The highest BCUT2D eigenvalue weighted by atomic mass is 35.5. The van der Waals surface area contributed by atoms with Gasteiger partial charge in [0.1, 0.15) is 10.9 Å². The van der Waals surface area contributed by atoms with Gasteiger partial charge in [0.15, 0.2) is 0 Å². The summed E-state index contributed by atoms with van der Waals surface area (Å²) in [6.07, 6.45) is 5.54. The Hall–Kier alpha value is -6.37. The van der Waals surface area contributed by atoms with Gasteiger partial charge in [0.2, 0.25) is 5.91 Å². The number of benzene rings is 3. The molecule has 3 aromatic carbocycles. The Morgan fingerprint density at radius 2 is 1.39 bits per heavy atom. The van der Waals surface area contributed by atoms with E-state index in [1.165, 1.54) is 11.0 Å². The molecule has 0 saturated carbocycles. The van der Waals surface area contributed by atoms with E-state index in [0.29, 0.717) is 39.6 Å². The third-order valence-electron chi connectivity index (χ3n) is 12.7. The van der Waals surface area contributed by atoms with E-state index >= 15 is 0 Å². The van der Waals surface area contributed by atoms with Crippen molar-refractivity contribution in [1.82, 2.24) is 4.90 Å².